The van der Waals surface area contributed by atoms with Crippen LogP contribution in [0.4, 0.5) is 32.0 Å². The molecular weight excluding hydrogens is 612 g/mol. The van der Waals surface area contributed by atoms with Crippen LogP contribution in [0, 0.1) is 6.92 Å². The number of aromatic nitrogens is 1. The highest BCUT2D eigenvalue weighted by Crippen LogP contribution is 2.42. The molecular formula is C31H24ClF6N3O3. The second kappa shape index (κ2) is 13.0. The van der Waals surface area contributed by atoms with Crippen LogP contribution in [0.15, 0.2) is 72.9 Å². The quantitative estimate of drug-likeness (QED) is 0.161. The monoisotopic (exact) mass is 635 g/mol. The van der Waals surface area contributed by atoms with Crippen molar-refractivity contribution in [2.45, 2.75) is 32.2 Å². The van der Waals surface area contributed by atoms with E-state index < -0.39 is 47.5 Å². The molecule has 0 unspecified atom stereocenters. The molecule has 44 heavy (non-hydrogen) atoms. The summed E-state index contributed by atoms with van der Waals surface area (Å²) in [4.78, 5) is 26.8. The Kier molecular flexibility index (Phi) is 9.53. The molecule has 0 bridgehead atoms. The van der Waals surface area contributed by atoms with Crippen molar-refractivity contribution in [2.75, 3.05) is 11.9 Å². The van der Waals surface area contributed by atoms with Gasteiger partial charge in [-0.05, 0) is 77.2 Å². The highest BCUT2D eigenvalue weighted by atomic mass is 35.5. The average molecular weight is 636 g/mol. The molecule has 1 aromatic heterocycles. The van der Waals surface area contributed by atoms with Crippen LogP contribution in [0.5, 0.6) is 0 Å². The van der Waals surface area contributed by atoms with Gasteiger partial charge in [-0.2, -0.15) is 26.3 Å². The van der Waals surface area contributed by atoms with Crippen molar-refractivity contribution >= 4 is 29.2 Å². The van der Waals surface area contributed by atoms with Gasteiger partial charge in [0.15, 0.2) is 0 Å². The fourth-order valence-electron chi connectivity index (χ4n) is 4.52. The zero-order valence-corrected chi connectivity index (χ0v) is 23.7. The molecule has 0 aliphatic carbocycles. The normalized spacial score (nSPS) is 11.7. The Morgan fingerprint density at radius 3 is 2.11 bits per heavy atom. The number of carbonyl (C=O) groups excluding carboxylic acids is 1. The predicted molar refractivity (Wildman–Crippen MR) is 153 cm³/mol. The molecule has 6 nitrogen and oxygen atoms in total. The summed E-state index contributed by atoms with van der Waals surface area (Å²) < 4.78 is 83.8. The van der Waals surface area contributed by atoms with Crippen LogP contribution in [0.1, 0.15) is 39.2 Å². The molecule has 4 rings (SSSR count). The summed E-state index contributed by atoms with van der Waals surface area (Å²) in [5.74, 6) is -1.90. The molecule has 4 aromatic rings. The maximum absolute atomic E-state index is 14.2. The third-order valence-corrected chi connectivity index (χ3v) is 6.92. The van der Waals surface area contributed by atoms with Gasteiger partial charge in [-0.3, -0.25) is 14.6 Å². The summed E-state index contributed by atoms with van der Waals surface area (Å²) in [6, 6.07) is 15.2. The Morgan fingerprint density at radius 1 is 0.864 bits per heavy atom. The summed E-state index contributed by atoms with van der Waals surface area (Å²) in [6.45, 7) is 1.13. The minimum atomic E-state index is -5.13. The fourth-order valence-corrected chi connectivity index (χ4v) is 4.64. The highest BCUT2D eigenvalue weighted by Gasteiger charge is 2.39. The van der Waals surface area contributed by atoms with Crippen LogP contribution >= 0.6 is 11.6 Å². The van der Waals surface area contributed by atoms with E-state index in [2.05, 4.69) is 15.6 Å². The average Bonchev–Trinajstić information content (AvgIpc) is 2.95. The molecule has 1 amide bonds. The Morgan fingerprint density at radius 2 is 1.55 bits per heavy atom. The smallest absolute Gasteiger partial charge is 0.416 e. The Bertz CT molecular complexity index is 1670. The van der Waals surface area contributed by atoms with Gasteiger partial charge in [0.25, 0.3) is 5.91 Å². The van der Waals surface area contributed by atoms with Gasteiger partial charge in [-0.15, -0.1) is 0 Å². The van der Waals surface area contributed by atoms with E-state index in [9.17, 15) is 35.9 Å². The molecule has 0 saturated heterocycles. The number of amides is 1. The first-order valence-electron chi connectivity index (χ1n) is 13.0. The summed E-state index contributed by atoms with van der Waals surface area (Å²) in [5, 5.41) is 14.5. The van der Waals surface area contributed by atoms with Crippen LogP contribution in [-0.4, -0.2) is 28.5 Å². The second-order valence-electron chi connectivity index (χ2n) is 9.77. The van der Waals surface area contributed by atoms with Crippen molar-refractivity contribution in [1.29, 1.82) is 0 Å². The van der Waals surface area contributed by atoms with Gasteiger partial charge in [0.1, 0.15) is 5.69 Å². The molecule has 0 atom stereocenters. The van der Waals surface area contributed by atoms with Crippen LogP contribution in [0.3, 0.4) is 0 Å². The molecule has 0 fully saturated rings. The van der Waals surface area contributed by atoms with Crippen LogP contribution in [0.25, 0.3) is 22.3 Å². The third kappa shape index (κ3) is 7.87. The number of carbonyl (C=O) groups is 2. The summed E-state index contributed by atoms with van der Waals surface area (Å²) in [6.07, 6.45) is -9.56. The van der Waals surface area contributed by atoms with E-state index in [1.807, 2.05) is 19.1 Å². The number of carboxylic acids is 1. The Labute approximate surface area is 252 Å². The van der Waals surface area contributed by atoms with Gasteiger partial charge < -0.3 is 15.7 Å². The lowest BCUT2D eigenvalue weighted by Crippen LogP contribution is -2.26. The zero-order chi connectivity index (χ0) is 32.2. The predicted octanol–water partition coefficient (Wildman–Crippen LogP) is 8.23. The largest absolute Gasteiger partial charge is 0.481 e. The number of pyridine rings is 1. The van der Waals surface area contributed by atoms with Crippen molar-refractivity contribution in [3.63, 3.8) is 0 Å². The van der Waals surface area contributed by atoms with Crippen molar-refractivity contribution in [2.24, 2.45) is 0 Å². The standard InChI is InChI=1S/C31H24ClF6N3O3/c1-17-12-22(7-8-23(17)18-2-5-21(32)6-3-18)40-16-25-24(13-20(30(33,34)35)14-26(25)31(36,37)38)19-4-9-27(41-15-19)29(44)39-11-10-28(42)43/h2-9,12-15,40H,10-11,16H2,1H3,(H,39,44)(H,42,43). The molecule has 0 saturated carbocycles. The van der Waals surface area contributed by atoms with Crippen molar-refractivity contribution in [3.05, 3.63) is 106 Å². The van der Waals surface area contributed by atoms with Gasteiger partial charge >= 0.3 is 18.3 Å². The topological polar surface area (TPSA) is 91.3 Å². The number of rotatable bonds is 9. The summed E-state index contributed by atoms with van der Waals surface area (Å²) in [7, 11) is 0. The molecule has 13 heteroatoms. The van der Waals surface area contributed by atoms with E-state index >= 15 is 0 Å². The van der Waals surface area contributed by atoms with Gasteiger partial charge in [-0.1, -0.05) is 35.9 Å². The van der Waals surface area contributed by atoms with Crippen LogP contribution in [0.2, 0.25) is 5.02 Å². The molecule has 0 aliphatic heterocycles. The molecule has 3 aromatic carbocycles. The molecule has 0 spiro atoms. The number of nitrogens with zero attached hydrogens (tertiary/aromatic N) is 1. The lowest BCUT2D eigenvalue weighted by atomic mass is 9.92. The van der Waals surface area contributed by atoms with E-state index in [0.717, 1.165) is 29.0 Å². The molecule has 0 aliphatic rings. The van der Waals surface area contributed by atoms with Gasteiger partial charge in [-0.25, -0.2) is 0 Å². The SMILES string of the molecule is Cc1cc(NCc2c(-c3ccc(C(=O)NCCC(=O)O)nc3)cc(C(F)(F)F)cc2C(F)(F)F)ccc1-c1ccc(Cl)cc1. The zero-order valence-electron chi connectivity index (χ0n) is 22.9. The number of carboxylic acid groups (broad SMARTS) is 1. The maximum Gasteiger partial charge on any atom is 0.416 e. The first-order chi connectivity index (χ1) is 20.6. The summed E-state index contributed by atoms with van der Waals surface area (Å²) >= 11 is 5.96. The summed E-state index contributed by atoms with van der Waals surface area (Å²) in [5.41, 5.74) is -1.13. The van der Waals surface area contributed by atoms with E-state index in [1.54, 1.807) is 30.3 Å². The number of benzene rings is 3. The minimum absolute atomic E-state index is 0.0765. The molecule has 230 valence electrons. The number of hydrogen-bond acceptors (Lipinski definition) is 4. The molecule has 0 radical (unpaired) electrons. The Hall–Kier alpha value is -4.58. The van der Waals surface area contributed by atoms with E-state index in [4.69, 9.17) is 16.7 Å². The van der Waals surface area contributed by atoms with E-state index in [-0.39, 0.29) is 35.9 Å². The maximum atomic E-state index is 14.2. The van der Waals surface area contributed by atoms with Crippen LogP contribution < -0.4 is 10.6 Å². The number of halogens is 7. The molecule has 1 heterocycles. The number of nitrogens with one attached hydrogen (secondary N) is 2. The Balaban J connectivity index is 1.71. The first kappa shape index (κ1) is 32.3. The number of hydrogen-bond donors (Lipinski definition) is 3. The third-order valence-electron chi connectivity index (χ3n) is 6.67. The lowest BCUT2D eigenvalue weighted by Gasteiger charge is -2.21. The second-order valence-corrected chi connectivity index (χ2v) is 10.2. The van der Waals surface area contributed by atoms with E-state index in [0.29, 0.717) is 16.8 Å². The minimum Gasteiger partial charge on any atom is -0.481 e. The van der Waals surface area contributed by atoms with Gasteiger partial charge in [0, 0.05) is 35.6 Å². The van der Waals surface area contributed by atoms with Crippen molar-refractivity contribution < 1.29 is 41.0 Å². The fraction of sp³-hybridized carbons (Fsp3) is 0.194. The van der Waals surface area contributed by atoms with Gasteiger partial charge in [0.05, 0.1) is 17.5 Å². The van der Waals surface area contributed by atoms with Crippen LogP contribution in [-0.2, 0) is 23.7 Å². The van der Waals surface area contributed by atoms with Gasteiger partial charge in [0.2, 0.25) is 0 Å². The number of anilines is 1. The number of aliphatic carboxylic acids is 1. The lowest BCUT2D eigenvalue weighted by molar-refractivity contribution is -0.143. The van der Waals surface area contributed by atoms with Crippen molar-refractivity contribution in [1.82, 2.24) is 10.3 Å². The van der Waals surface area contributed by atoms with E-state index in [1.165, 1.54) is 6.07 Å². The number of aryl methyl sites for hydroxylation is 1. The molecule has 3 N–H and O–H groups in total. The number of alkyl halides is 6. The van der Waals surface area contributed by atoms with Crippen molar-refractivity contribution in [3.8, 4) is 22.3 Å². The first-order valence-corrected chi connectivity index (χ1v) is 13.4. The highest BCUT2D eigenvalue weighted by molar-refractivity contribution is 6.30.